The van der Waals surface area contributed by atoms with Crippen molar-refractivity contribution in [1.82, 2.24) is 0 Å². The van der Waals surface area contributed by atoms with Crippen LogP contribution in [0.2, 0.25) is 0 Å². The summed E-state index contributed by atoms with van der Waals surface area (Å²) >= 11 is 0. The van der Waals surface area contributed by atoms with Gasteiger partial charge < -0.3 is 10.4 Å². The van der Waals surface area contributed by atoms with Gasteiger partial charge >= 0.3 is 5.97 Å². The van der Waals surface area contributed by atoms with Crippen LogP contribution >= 0.6 is 0 Å². The van der Waals surface area contributed by atoms with Crippen LogP contribution in [0.1, 0.15) is 15.9 Å². The third-order valence-corrected chi connectivity index (χ3v) is 2.48. The first-order valence-corrected chi connectivity index (χ1v) is 5.40. The molecular formula is C14H9FN2O2. The molecule has 0 bridgehead atoms. The molecule has 0 aliphatic heterocycles. The first-order chi connectivity index (χ1) is 9.10. The van der Waals surface area contributed by atoms with E-state index in [1.165, 1.54) is 12.1 Å². The number of nitrogens with one attached hydrogen (secondary N) is 1. The summed E-state index contributed by atoms with van der Waals surface area (Å²) in [6.45, 7) is 0. The maximum Gasteiger partial charge on any atom is 0.337 e. The lowest BCUT2D eigenvalue weighted by Crippen LogP contribution is -2.03. The molecule has 4 nitrogen and oxygen atoms in total. The minimum atomic E-state index is -1.22. The standard InChI is InChI=1S/C14H9FN2O2/c15-10-4-5-13(12(7-10)14(18)19)17-11-3-1-2-9(6-11)8-16/h1-7,17H,(H,18,19). The highest BCUT2D eigenvalue weighted by molar-refractivity contribution is 5.95. The molecule has 0 spiro atoms. The first-order valence-electron chi connectivity index (χ1n) is 5.40. The van der Waals surface area contributed by atoms with E-state index in [2.05, 4.69) is 5.32 Å². The van der Waals surface area contributed by atoms with Gasteiger partial charge in [0.25, 0.3) is 0 Å². The van der Waals surface area contributed by atoms with Gasteiger partial charge in [0.2, 0.25) is 0 Å². The molecule has 0 aliphatic carbocycles. The van der Waals surface area contributed by atoms with Crippen molar-refractivity contribution < 1.29 is 14.3 Å². The molecule has 0 aromatic heterocycles. The summed E-state index contributed by atoms with van der Waals surface area (Å²) in [5.74, 6) is -1.84. The van der Waals surface area contributed by atoms with E-state index in [0.29, 0.717) is 11.3 Å². The second-order valence-corrected chi connectivity index (χ2v) is 3.81. The predicted octanol–water partition coefficient (Wildman–Crippen LogP) is 3.14. The first kappa shape index (κ1) is 12.6. The van der Waals surface area contributed by atoms with Gasteiger partial charge in [-0.15, -0.1) is 0 Å². The average molecular weight is 256 g/mol. The van der Waals surface area contributed by atoms with Crippen LogP contribution in [0.15, 0.2) is 42.5 Å². The van der Waals surface area contributed by atoms with Crippen molar-refractivity contribution in [2.45, 2.75) is 0 Å². The summed E-state index contributed by atoms with van der Waals surface area (Å²) < 4.78 is 13.0. The van der Waals surface area contributed by atoms with E-state index in [-0.39, 0.29) is 11.3 Å². The Balaban J connectivity index is 2.38. The largest absolute Gasteiger partial charge is 0.478 e. The van der Waals surface area contributed by atoms with Crippen molar-refractivity contribution >= 4 is 17.3 Å². The van der Waals surface area contributed by atoms with E-state index < -0.39 is 11.8 Å². The SMILES string of the molecule is N#Cc1cccc(Nc2ccc(F)cc2C(=O)O)c1. The topological polar surface area (TPSA) is 73.1 Å². The number of hydrogen-bond donors (Lipinski definition) is 2. The van der Waals surface area contributed by atoms with Crippen LogP contribution in [0.25, 0.3) is 0 Å². The molecule has 94 valence electrons. The van der Waals surface area contributed by atoms with Crippen molar-refractivity contribution in [3.05, 3.63) is 59.4 Å². The highest BCUT2D eigenvalue weighted by Gasteiger charge is 2.11. The predicted molar refractivity (Wildman–Crippen MR) is 67.8 cm³/mol. The van der Waals surface area contributed by atoms with E-state index in [0.717, 1.165) is 6.07 Å². The number of nitrogens with zero attached hydrogens (tertiary/aromatic N) is 1. The molecule has 19 heavy (non-hydrogen) atoms. The zero-order valence-electron chi connectivity index (χ0n) is 9.72. The fraction of sp³-hybridized carbons (Fsp3) is 0. The maximum absolute atomic E-state index is 13.0. The molecule has 0 fully saturated rings. The molecule has 2 aromatic carbocycles. The van der Waals surface area contributed by atoms with Gasteiger partial charge in [-0.05, 0) is 36.4 Å². The summed E-state index contributed by atoms with van der Waals surface area (Å²) in [6.07, 6.45) is 0. The molecule has 0 unspecified atom stereocenters. The van der Waals surface area contributed by atoms with E-state index in [1.54, 1.807) is 24.3 Å². The number of carboxylic acid groups (broad SMARTS) is 1. The number of carboxylic acids is 1. The minimum Gasteiger partial charge on any atom is -0.478 e. The number of aromatic carboxylic acids is 1. The molecule has 2 aromatic rings. The molecule has 2 rings (SSSR count). The number of halogens is 1. The zero-order valence-corrected chi connectivity index (χ0v) is 9.72. The number of carbonyl (C=O) groups is 1. The molecule has 0 radical (unpaired) electrons. The Kier molecular flexibility index (Phi) is 3.44. The fourth-order valence-corrected chi connectivity index (χ4v) is 1.62. The number of nitriles is 1. The van der Waals surface area contributed by atoms with Crippen LogP contribution < -0.4 is 5.32 Å². The molecule has 0 saturated heterocycles. The summed E-state index contributed by atoms with van der Waals surface area (Å²) in [5, 5.41) is 20.7. The van der Waals surface area contributed by atoms with E-state index in [9.17, 15) is 9.18 Å². The highest BCUT2D eigenvalue weighted by atomic mass is 19.1. The smallest absolute Gasteiger partial charge is 0.337 e. The van der Waals surface area contributed by atoms with Gasteiger partial charge in [0, 0.05) is 5.69 Å². The summed E-state index contributed by atoms with van der Waals surface area (Å²) in [6, 6.07) is 12.0. The van der Waals surface area contributed by atoms with Crippen LogP contribution in [0.5, 0.6) is 0 Å². The lowest BCUT2D eigenvalue weighted by molar-refractivity contribution is 0.0697. The minimum absolute atomic E-state index is 0.164. The van der Waals surface area contributed by atoms with Crippen molar-refractivity contribution in [3.8, 4) is 6.07 Å². The summed E-state index contributed by atoms with van der Waals surface area (Å²) in [5.41, 5.74) is 1.11. The van der Waals surface area contributed by atoms with Crippen LogP contribution in [0, 0.1) is 17.1 Å². The van der Waals surface area contributed by atoms with Crippen LogP contribution in [0.3, 0.4) is 0 Å². The van der Waals surface area contributed by atoms with Gasteiger partial charge in [-0.3, -0.25) is 0 Å². The van der Waals surface area contributed by atoms with Gasteiger partial charge in [-0.2, -0.15) is 5.26 Å². The molecule has 0 saturated carbocycles. The van der Waals surface area contributed by atoms with E-state index >= 15 is 0 Å². The van der Waals surface area contributed by atoms with E-state index in [1.807, 2.05) is 6.07 Å². The molecular weight excluding hydrogens is 247 g/mol. The van der Waals surface area contributed by atoms with Crippen LogP contribution in [0.4, 0.5) is 15.8 Å². The molecule has 0 atom stereocenters. The third kappa shape index (κ3) is 2.87. The number of hydrogen-bond acceptors (Lipinski definition) is 3. The quantitative estimate of drug-likeness (QED) is 0.884. The second-order valence-electron chi connectivity index (χ2n) is 3.81. The maximum atomic E-state index is 13.0. The Hall–Kier alpha value is -2.87. The average Bonchev–Trinajstić information content (AvgIpc) is 2.41. The Morgan fingerprint density at radius 3 is 2.74 bits per heavy atom. The number of rotatable bonds is 3. The second kappa shape index (κ2) is 5.19. The third-order valence-electron chi connectivity index (χ3n) is 2.48. The van der Waals surface area contributed by atoms with Gasteiger partial charge in [-0.1, -0.05) is 6.07 Å². The summed E-state index contributed by atoms with van der Waals surface area (Å²) in [4.78, 5) is 11.0. The lowest BCUT2D eigenvalue weighted by Gasteiger charge is -2.09. The Morgan fingerprint density at radius 1 is 1.26 bits per heavy atom. The zero-order chi connectivity index (χ0) is 13.8. The van der Waals surface area contributed by atoms with E-state index in [4.69, 9.17) is 10.4 Å². The lowest BCUT2D eigenvalue weighted by atomic mass is 10.1. The van der Waals surface area contributed by atoms with Crippen molar-refractivity contribution in [3.63, 3.8) is 0 Å². The molecule has 0 amide bonds. The van der Waals surface area contributed by atoms with Crippen molar-refractivity contribution in [2.24, 2.45) is 0 Å². The Morgan fingerprint density at radius 2 is 2.05 bits per heavy atom. The molecule has 0 heterocycles. The Bertz CT molecular complexity index is 677. The molecule has 0 aliphatic rings. The highest BCUT2D eigenvalue weighted by Crippen LogP contribution is 2.22. The summed E-state index contributed by atoms with van der Waals surface area (Å²) in [7, 11) is 0. The molecule has 5 heteroatoms. The molecule has 2 N–H and O–H groups in total. The van der Waals surface area contributed by atoms with Crippen LogP contribution in [-0.4, -0.2) is 11.1 Å². The Labute approximate surface area is 108 Å². The number of benzene rings is 2. The number of anilines is 2. The van der Waals surface area contributed by atoms with Crippen LogP contribution in [-0.2, 0) is 0 Å². The van der Waals surface area contributed by atoms with Gasteiger partial charge in [0.15, 0.2) is 0 Å². The fourth-order valence-electron chi connectivity index (χ4n) is 1.62. The normalized spacial score (nSPS) is 9.68. The van der Waals surface area contributed by atoms with Crippen molar-refractivity contribution in [1.29, 1.82) is 5.26 Å². The monoisotopic (exact) mass is 256 g/mol. The van der Waals surface area contributed by atoms with Gasteiger partial charge in [-0.25, -0.2) is 9.18 Å². The van der Waals surface area contributed by atoms with Gasteiger partial charge in [0.1, 0.15) is 5.82 Å². The van der Waals surface area contributed by atoms with Crippen molar-refractivity contribution in [2.75, 3.05) is 5.32 Å². The van der Waals surface area contributed by atoms with Gasteiger partial charge in [0.05, 0.1) is 22.9 Å².